The van der Waals surface area contributed by atoms with E-state index in [1.165, 1.54) is 0 Å². The fraction of sp³-hybridized carbons (Fsp3) is 0.700. The Hall–Kier alpha value is -1.14. The molecule has 0 aliphatic rings. The Bertz CT molecular complexity index is 361. The quantitative estimate of drug-likeness (QED) is 0.834. The van der Waals surface area contributed by atoms with Crippen molar-refractivity contribution in [2.45, 2.75) is 20.0 Å². The van der Waals surface area contributed by atoms with Crippen LogP contribution in [-0.4, -0.2) is 48.3 Å². The van der Waals surface area contributed by atoms with Crippen LogP contribution in [-0.2, 0) is 4.74 Å². The molecule has 0 saturated carbocycles. The van der Waals surface area contributed by atoms with Gasteiger partial charge < -0.3 is 15.0 Å². The Balaban J connectivity index is 2.61. The van der Waals surface area contributed by atoms with E-state index in [2.05, 4.69) is 20.3 Å². The highest BCUT2D eigenvalue weighted by Crippen LogP contribution is 2.11. The van der Waals surface area contributed by atoms with E-state index in [9.17, 15) is 0 Å². The second-order valence-corrected chi connectivity index (χ2v) is 4.16. The van der Waals surface area contributed by atoms with E-state index in [0.29, 0.717) is 25.0 Å². The van der Waals surface area contributed by atoms with Gasteiger partial charge in [0.15, 0.2) is 0 Å². The maximum Gasteiger partial charge on any atom is 0.231 e. The van der Waals surface area contributed by atoms with E-state index in [1.807, 2.05) is 25.8 Å². The number of anilines is 2. The Labute approximate surface area is 106 Å². The smallest absolute Gasteiger partial charge is 0.231 e. The molecular formula is C10H18ClN5O. The Morgan fingerprint density at radius 2 is 2.06 bits per heavy atom. The zero-order valence-corrected chi connectivity index (χ0v) is 11.3. The van der Waals surface area contributed by atoms with Crippen LogP contribution in [0.2, 0.25) is 5.28 Å². The first kappa shape index (κ1) is 13.9. The summed E-state index contributed by atoms with van der Waals surface area (Å²) in [5.74, 6) is 0.985. The van der Waals surface area contributed by atoms with Crippen molar-refractivity contribution in [3.8, 4) is 0 Å². The number of hydrogen-bond donors (Lipinski definition) is 1. The molecular weight excluding hydrogens is 242 g/mol. The molecule has 1 aromatic rings. The van der Waals surface area contributed by atoms with E-state index in [4.69, 9.17) is 16.3 Å². The minimum Gasteiger partial charge on any atom is -0.377 e. The van der Waals surface area contributed by atoms with Gasteiger partial charge >= 0.3 is 0 Å². The molecule has 96 valence electrons. The molecule has 0 aliphatic heterocycles. The predicted molar refractivity (Wildman–Crippen MR) is 68.7 cm³/mol. The molecule has 6 nitrogen and oxygen atoms in total. The van der Waals surface area contributed by atoms with Gasteiger partial charge in [0.05, 0.1) is 12.7 Å². The summed E-state index contributed by atoms with van der Waals surface area (Å²) < 4.78 is 5.46. The molecule has 1 rings (SSSR count). The fourth-order valence-corrected chi connectivity index (χ4v) is 1.30. The molecule has 0 radical (unpaired) electrons. The lowest BCUT2D eigenvalue weighted by molar-refractivity contribution is 0.0844. The number of halogens is 1. The lowest BCUT2D eigenvalue weighted by atomic mass is 10.5. The maximum atomic E-state index is 5.80. The number of likely N-dealkylation sites (N-methyl/N-ethyl adjacent to an activating group) is 1. The molecule has 0 aliphatic carbocycles. The topological polar surface area (TPSA) is 63.2 Å². The number of nitrogens with one attached hydrogen (secondary N) is 1. The second-order valence-electron chi connectivity index (χ2n) is 3.82. The second kappa shape index (κ2) is 6.56. The van der Waals surface area contributed by atoms with Gasteiger partial charge in [-0.05, 0) is 25.4 Å². The molecule has 0 unspecified atom stereocenters. The first-order chi connectivity index (χ1) is 8.02. The van der Waals surface area contributed by atoms with Crippen LogP contribution in [0.3, 0.4) is 0 Å². The molecule has 1 N–H and O–H groups in total. The summed E-state index contributed by atoms with van der Waals surface area (Å²) in [7, 11) is 3.62. The van der Waals surface area contributed by atoms with Gasteiger partial charge in [-0.2, -0.15) is 15.0 Å². The summed E-state index contributed by atoms with van der Waals surface area (Å²) in [6.07, 6.45) is 0.221. The van der Waals surface area contributed by atoms with Crippen LogP contribution < -0.4 is 10.2 Å². The first-order valence-corrected chi connectivity index (χ1v) is 5.82. The van der Waals surface area contributed by atoms with E-state index in [1.54, 1.807) is 7.05 Å². The van der Waals surface area contributed by atoms with Crippen LogP contribution in [0.1, 0.15) is 13.8 Å². The predicted octanol–water partition coefficient (Wildman–Crippen LogP) is 1.43. The number of rotatable bonds is 6. The average Bonchev–Trinajstić information content (AvgIpc) is 2.27. The molecule has 0 fully saturated rings. The number of ether oxygens (including phenoxy) is 1. The van der Waals surface area contributed by atoms with Crippen LogP contribution in [0.25, 0.3) is 0 Å². The van der Waals surface area contributed by atoms with Crippen molar-refractivity contribution in [2.24, 2.45) is 0 Å². The normalized spacial score (nSPS) is 10.7. The minimum atomic E-state index is 0.177. The van der Waals surface area contributed by atoms with Crippen molar-refractivity contribution in [2.75, 3.05) is 37.5 Å². The summed E-state index contributed by atoms with van der Waals surface area (Å²) in [5, 5.41) is 3.01. The molecule has 7 heteroatoms. The third kappa shape index (κ3) is 4.70. The third-order valence-electron chi connectivity index (χ3n) is 2.04. The fourth-order valence-electron chi connectivity index (χ4n) is 1.15. The molecule has 0 aromatic carbocycles. The summed E-state index contributed by atoms with van der Waals surface area (Å²) in [5.41, 5.74) is 0. The average molecular weight is 260 g/mol. The standard InChI is InChI=1S/C10H18ClN5O/c1-7(2)17-6-5-16(4)10-14-8(11)13-9(12-3)15-10/h7H,5-6H2,1-4H3,(H,12,13,14,15). The lowest BCUT2D eigenvalue weighted by Crippen LogP contribution is -2.26. The van der Waals surface area contributed by atoms with Crippen LogP contribution >= 0.6 is 11.6 Å². The highest BCUT2D eigenvalue weighted by Gasteiger charge is 2.08. The highest BCUT2D eigenvalue weighted by atomic mass is 35.5. The zero-order chi connectivity index (χ0) is 12.8. The molecule has 17 heavy (non-hydrogen) atoms. The van der Waals surface area contributed by atoms with Crippen molar-refractivity contribution in [1.29, 1.82) is 0 Å². The monoisotopic (exact) mass is 259 g/mol. The largest absolute Gasteiger partial charge is 0.377 e. The van der Waals surface area contributed by atoms with Gasteiger partial charge in [0.25, 0.3) is 0 Å². The highest BCUT2D eigenvalue weighted by molar-refractivity contribution is 6.28. The Morgan fingerprint density at radius 3 is 2.65 bits per heavy atom. The molecule has 0 spiro atoms. The van der Waals surface area contributed by atoms with Crippen LogP contribution in [0.15, 0.2) is 0 Å². The first-order valence-electron chi connectivity index (χ1n) is 5.45. The van der Waals surface area contributed by atoms with Crippen LogP contribution in [0.4, 0.5) is 11.9 Å². The third-order valence-corrected chi connectivity index (χ3v) is 2.21. The van der Waals surface area contributed by atoms with Crippen LogP contribution in [0.5, 0.6) is 0 Å². The van der Waals surface area contributed by atoms with E-state index < -0.39 is 0 Å². The summed E-state index contributed by atoms with van der Waals surface area (Å²) in [4.78, 5) is 14.0. The molecule has 1 aromatic heterocycles. The molecule has 0 saturated heterocycles. The molecule has 1 heterocycles. The molecule has 0 atom stereocenters. The zero-order valence-electron chi connectivity index (χ0n) is 10.6. The van der Waals surface area contributed by atoms with Crippen molar-refractivity contribution in [1.82, 2.24) is 15.0 Å². The van der Waals surface area contributed by atoms with Gasteiger partial charge in [-0.3, -0.25) is 0 Å². The SMILES string of the molecule is CNc1nc(Cl)nc(N(C)CCOC(C)C)n1. The van der Waals surface area contributed by atoms with Gasteiger partial charge in [0.1, 0.15) is 0 Å². The van der Waals surface area contributed by atoms with E-state index >= 15 is 0 Å². The van der Waals surface area contributed by atoms with Gasteiger partial charge in [0, 0.05) is 20.6 Å². The number of hydrogen-bond acceptors (Lipinski definition) is 6. The summed E-state index contributed by atoms with van der Waals surface area (Å²) >= 11 is 5.80. The van der Waals surface area contributed by atoms with Crippen molar-refractivity contribution >= 4 is 23.5 Å². The Morgan fingerprint density at radius 1 is 1.35 bits per heavy atom. The van der Waals surface area contributed by atoms with Gasteiger partial charge in [-0.15, -0.1) is 0 Å². The van der Waals surface area contributed by atoms with Crippen molar-refractivity contribution in [3.05, 3.63) is 5.28 Å². The molecule has 0 bridgehead atoms. The Kier molecular flexibility index (Phi) is 5.37. The number of nitrogens with zero attached hydrogens (tertiary/aromatic N) is 4. The number of aromatic nitrogens is 3. The van der Waals surface area contributed by atoms with Gasteiger partial charge in [-0.25, -0.2) is 0 Å². The maximum absolute atomic E-state index is 5.80. The van der Waals surface area contributed by atoms with Gasteiger partial charge in [0.2, 0.25) is 17.2 Å². The van der Waals surface area contributed by atoms with E-state index in [0.717, 1.165) is 0 Å². The molecule has 0 amide bonds. The van der Waals surface area contributed by atoms with Crippen molar-refractivity contribution in [3.63, 3.8) is 0 Å². The summed E-state index contributed by atoms with van der Waals surface area (Å²) in [6, 6.07) is 0. The van der Waals surface area contributed by atoms with E-state index in [-0.39, 0.29) is 11.4 Å². The minimum absolute atomic E-state index is 0.177. The summed E-state index contributed by atoms with van der Waals surface area (Å²) in [6.45, 7) is 5.31. The van der Waals surface area contributed by atoms with Crippen molar-refractivity contribution < 1.29 is 4.74 Å². The van der Waals surface area contributed by atoms with Crippen LogP contribution in [0, 0.1) is 0 Å². The van der Waals surface area contributed by atoms with Gasteiger partial charge in [-0.1, -0.05) is 0 Å². The lowest BCUT2D eigenvalue weighted by Gasteiger charge is -2.18.